The van der Waals surface area contributed by atoms with Crippen molar-refractivity contribution >= 4 is 17.7 Å². The molecule has 0 saturated carbocycles. The van der Waals surface area contributed by atoms with Gasteiger partial charge in [-0.15, -0.1) is 0 Å². The lowest BCUT2D eigenvalue weighted by atomic mass is 9.89. The summed E-state index contributed by atoms with van der Waals surface area (Å²) >= 11 is 0. The molecule has 0 aromatic carbocycles. The predicted molar refractivity (Wildman–Crippen MR) is 91.9 cm³/mol. The average molecular weight is 337 g/mol. The van der Waals surface area contributed by atoms with E-state index in [9.17, 15) is 14.4 Å². The Labute approximate surface area is 144 Å². The van der Waals surface area contributed by atoms with E-state index in [-0.39, 0.29) is 23.6 Å². The monoisotopic (exact) mass is 337 g/mol. The molecule has 0 radical (unpaired) electrons. The molecule has 2 saturated heterocycles. The summed E-state index contributed by atoms with van der Waals surface area (Å²) < 4.78 is 0. The number of carbonyl (C=O) groups excluding carboxylic acids is 3. The van der Waals surface area contributed by atoms with Crippen molar-refractivity contribution in [3.05, 3.63) is 0 Å². The SMILES string of the molecule is CC(C)(C)C(=O)N1CCCC(C(=O)N2CCC(CC(N)=O)CC2)C1. The van der Waals surface area contributed by atoms with Gasteiger partial charge in [-0.25, -0.2) is 0 Å². The normalized spacial score (nSPS) is 23.2. The highest BCUT2D eigenvalue weighted by Gasteiger charge is 2.35. The van der Waals surface area contributed by atoms with Crippen molar-refractivity contribution in [2.24, 2.45) is 23.0 Å². The molecule has 2 aliphatic heterocycles. The molecule has 2 aliphatic rings. The van der Waals surface area contributed by atoms with Crippen LogP contribution in [-0.2, 0) is 14.4 Å². The maximum absolute atomic E-state index is 12.8. The first-order valence-electron chi connectivity index (χ1n) is 9.05. The van der Waals surface area contributed by atoms with Crippen LogP contribution in [0.1, 0.15) is 52.9 Å². The number of likely N-dealkylation sites (tertiary alicyclic amines) is 2. The number of piperidine rings is 2. The summed E-state index contributed by atoms with van der Waals surface area (Å²) in [6.07, 6.45) is 3.84. The van der Waals surface area contributed by atoms with Gasteiger partial charge in [0, 0.05) is 38.0 Å². The van der Waals surface area contributed by atoms with Gasteiger partial charge in [-0.3, -0.25) is 14.4 Å². The fourth-order valence-corrected chi connectivity index (χ4v) is 3.74. The zero-order chi connectivity index (χ0) is 17.9. The fourth-order valence-electron chi connectivity index (χ4n) is 3.74. The lowest BCUT2D eigenvalue weighted by Crippen LogP contribution is -2.50. The lowest BCUT2D eigenvalue weighted by molar-refractivity contribution is -0.145. The molecular formula is C18H31N3O3. The van der Waals surface area contributed by atoms with Gasteiger partial charge >= 0.3 is 0 Å². The Morgan fingerprint density at radius 2 is 1.62 bits per heavy atom. The Morgan fingerprint density at radius 1 is 1.00 bits per heavy atom. The minimum Gasteiger partial charge on any atom is -0.370 e. The molecule has 1 atom stereocenters. The number of hydrogen-bond donors (Lipinski definition) is 1. The maximum Gasteiger partial charge on any atom is 0.227 e. The van der Waals surface area contributed by atoms with E-state index < -0.39 is 5.41 Å². The summed E-state index contributed by atoms with van der Waals surface area (Å²) in [7, 11) is 0. The third-order valence-corrected chi connectivity index (χ3v) is 5.12. The summed E-state index contributed by atoms with van der Waals surface area (Å²) in [5, 5.41) is 0. The van der Waals surface area contributed by atoms with E-state index in [2.05, 4.69) is 0 Å². The summed E-state index contributed by atoms with van der Waals surface area (Å²) in [6.45, 7) is 8.44. The summed E-state index contributed by atoms with van der Waals surface area (Å²) in [5.41, 5.74) is 4.85. The topological polar surface area (TPSA) is 83.7 Å². The Balaban J connectivity index is 1.89. The molecule has 24 heavy (non-hydrogen) atoms. The average Bonchev–Trinajstić information content (AvgIpc) is 2.53. The smallest absolute Gasteiger partial charge is 0.227 e. The van der Waals surface area contributed by atoms with Crippen LogP contribution in [0.2, 0.25) is 0 Å². The molecule has 2 rings (SSSR count). The van der Waals surface area contributed by atoms with Crippen molar-refractivity contribution in [1.82, 2.24) is 9.80 Å². The molecule has 2 N–H and O–H groups in total. The number of primary amides is 1. The van der Waals surface area contributed by atoms with Crippen molar-refractivity contribution < 1.29 is 14.4 Å². The van der Waals surface area contributed by atoms with Crippen molar-refractivity contribution in [2.45, 2.75) is 52.9 Å². The van der Waals surface area contributed by atoms with E-state index in [1.165, 1.54) is 0 Å². The molecule has 0 spiro atoms. The first-order valence-corrected chi connectivity index (χ1v) is 9.05. The number of nitrogens with zero attached hydrogens (tertiary/aromatic N) is 2. The molecule has 2 heterocycles. The van der Waals surface area contributed by atoms with Gasteiger partial charge in [0.05, 0.1) is 5.92 Å². The minimum absolute atomic E-state index is 0.0854. The third kappa shape index (κ3) is 4.71. The molecule has 2 fully saturated rings. The molecule has 1 unspecified atom stereocenters. The van der Waals surface area contributed by atoms with Crippen LogP contribution in [0, 0.1) is 17.3 Å². The first kappa shape index (κ1) is 18.7. The van der Waals surface area contributed by atoms with Crippen LogP contribution >= 0.6 is 0 Å². The molecule has 6 heteroatoms. The predicted octanol–water partition coefficient (Wildman–Crippen LogP) is 1.39. The molecular weight excluding hydrogens is 306 g/mol. The summed E-state index contributed by atoms with van der Waals surface area (Å²) in [4.78, 5) is 40.0. The van der Waals surface area contributed by atoms with E-state index in [0.717, 1.165) is 32.2 Å². The van der Waals surface area contributed by atoms with Crippen LogP contribution in [0.3, 0.4) is 0 Å². The van der Waals surface area contributed by atoms with Crippen molar-refractivity contribution in [2.75, 3.05) is 26.2 Å². The second kappa shape index (κ2) is 7.53. The largest absolute Gasteiger partial charge is 0.370 e. The van der Waals surface area contributed by atoms with Crippen LogP contribution in [0.25, 0.3) is 0 Å². The zero-order valence-electron chi connectivity index (χ0n) is 15.2. The van der Waals surface area contributed by atoms with Crippen molar-refractivity contribution in [3.8, 4) is 0 Å². The van der Waals surface area contributed by atoms with Gasteiger partial charge in [0.15, 0.2) is 0 Å². The van der Waals surface area contributed by atoms with Crippen molar-refractivity contribution in [3.63, 3.8) is 0 Å². The van der Waals surface area contributed by atoms with E-state index in [4.69, 9.17) is 5.73 Å². The zero-order valence-corrected chi connectivity index (χ0v) is 15.2. The minimum atomic E-state index is -0.405. The van der Waals surface area contributed by atoms with Crippen LogP contribution in [0.4, 0.5) is 0 Å². The Bertz CT molecular complexity index is 490. The van der Waals surface area contributed by atoms with Gasteiger partial charge in [0.25, 0.3) is 0 Å². The van der Waals surface area contributed by atoms with Crippen molar-refractivity contribution in [1.29, 1.82) is 0 Å². The van der Waals surface area contributed by atoms with Gasteiger partial charge in [-0.2, -0.15) is 0 Å². The number of amides is 3. The molecule has 6 nitrogen and oxygen atoms in total. The van der Waals surface area contributed by atoms with Gasteiger partial charge in [-0.1, -0.05) is 20.8 Å². The van der Waals surface area contributed by atoms with Gasteiger partial charge in [0.2, 0.25) is 17.7 Å². The van der Waals surface area contributed by atoms with Gasteiger partial charge in [-0.05, 0) is 31.6 Å². The quantitative estimate of drug-likeness (QED) is 0.844. The standard InChI is InChI=1S/C18H31N3O3/c1-18(2,3)17(24)21-8-4-5-14(12-21)16(23)20-9-6-13(7-10-20)11-15(19)22/h13-14H,4-12H2,1-3H3,(H2,19,22). The summed E-state index contributed by atoms with van der Waals surface area (Å²) in [5.74, 6) is 0.247. The number of hydrogen-bond acceptors (Lipinski definition) is 3. The number of nitrogens with two attached hydrogens (primary N) is 1. The fraction of sp³-hybridized carbons (Fsp3) is 0.833. The van der Waals surface area contributed by atoms with Gasteiger partial charge < -0.3 is 15.5 Å². The van der Waals surface area contributed by atoms with Crippen LogP contribution in [0.15, 0.2) is 0 Å². The third-order valence-electron chi connectivity index (χ3n) is 5.12. The van der Waals surface area contributed by atoms with E-state index in [1.807, 2.05) is 30.6 Å². The lowest BCUT2D eigenvalue weighted by Gasteiger charge is -2.39. The molecule has 0 aromatic heterocycles. The molecule has 136 valence electrons. The van der Waals surface area contributed by atoms with Crippen LogP contribution in [-0.4, -0.2) is 53.7 Å². The van der Waals surface area contributed by atoms with E-state index in [1.54, 1.807) is 0 Å². The molecule has 3 amide bonds. The Morgan fingerprint density at radius 3 is 2.17 bits per heavy atom. The van der Waals surface area contributed by atoms with Crippen LogP contribution < -0.4 is 5.73 Å². The summed E-state index contributed by atoms with van der Waals surface area (Å²) in [6, 6.07) is 0. The highest BCUT2D eigenvalue weighted by atomic mass is 16.2. The number of rotatable bonds is 3. The molecule has 0 aromatic rings. The van der Waals surface area contributed by atoms with E-state index in [0.29, 0.717) is 32.0 Å². The highest BCUT2D eigenvalue weighted by Crippen LogP contribution is 2.27. The molecule has 0 bridgehead atoms. The number of carbonyl (C=O) groups is 3. The second-order valence-corrected chi connectivity index (χ2v) is 8.28. The molecule has 0 aliphatic carbocycles. The Kier molecular flexibility index (Phi) is 5.88. The van der Waals surface area contributed by atoms with E-state index >= 15 is 0 Å². The highest BCUT2D eigenvalue weighted by molar-refractivity contribution is 5.84. The maximum atomic E-state index is 12.8. The second-order valence-electron chi connectivity index (χ2n) is 8.28. The van der Waals surface area contributed by atoms with Crippen LogP contribution in [0.5, 0.6) is 0 Å². The first-order chi connectivity index (χ1) is 11.2. The Hall–Kier alpha value is -1.59. The van der Waals surface area contributed by atoms with Gasteiger partial charge in [0.1, 0.15) is 0 Å².